The number of amides is 1. The van der Waals surface area contributed by atoms with Gasteiger partial charge < -0.3 is 10.0 Å². The third kappa shape index (κ3) is 3.45. The molecule has 0 aliphatic heterocycles. The van der Waals surface area contributed by atoms with Gasteiger partial charge in [-0.1, -0.05) is 12.1 Å². The molecular formula is C19H25N3O2. The van der Waals surface area contributed by atoms with Gasteiger partial charge in [-0.2, -0.15) is 5.10 Å². The molecule has 1 aliphatic rings. The number of phenols is 1. The van der Waals surface area contributed by atoms with E-state index in [1.54, 1.807) is 24.1 Å². The van der Waals surface area contributed by atoms with Gasteiger partial charge in [0.15, 0.2) is 0 Å². The van der Waals surface area contributed by atoms with E-state index < -0.39 is 0 Å². The van der Waals surface area contributed by atoms with Crippen LogP contribution in [-0.4, -0.2) is 32.7 Å². The first-order valence-corrected chi connectivity index (χ1v) is 8.39. The van der Waals surface area contributed by atoms with E-state index in [1.807, 2.05) is 22.9 Å². The second-order valence-electron chi connectivity index (χ2n) is 7.64. The highest BCUT2D eigenvalue weighted by Gasteiger charge is 2.32. The van der Waals surface area contributed by atoms with E-state index in [2.05, 4.69) is 20.8 Å². The third-order valence-corrected chi connectivity index (χ3v) is 4.28. The van der Waals surface area contributed by atoms with Crippen LogP contribution >= 0.6 is 0 Å². The van der Waals surface area contributed by atoms with Crippen molar-refractivity contribution in [1.29, 1.82) is 0 Å². The van der Waals surface area contributed by atoms with Gasteiger partial charge in [-0.25, -0.2) is 0 Å². The van der Waals surface area contributed by atoms with E-state index in [0.717, 1.165) is 24.1 Å². The van der Waals surface area contributed by atoms with Crippen LogP contribution in [0.5, 0.6) is 5.75 Å². The average molecular weight is 327 g/mol. The minimum absolute atomic E-state index is 0.0302. The summed E-state index contributed by atoms with van der Waals surface area (Å²) in [4.78, 5) is 14.7. The fourth-order valence-corrected chi connectivity index (χ4v) is 2.78. The molecule has 1 aliphatic carbocycles. The van der Waals surface area contributed by atoms with Gasteiger partial charge >= 0.3 is 0 Å². The summed E-state index contributed by atoms with van der Waals surface area (Å²) in [6.45, 7) is 6.68. The van der Waals surface area contributed by atoms with Crippen LogP contribution in [0.2, 0.25) is 0 Å². The quantitative estimate of drug-likeness (QED) is 0.935. The number of rotatable bonds is 4. The maximum Gasteiger partial charge on any atom is 0.272 e. The van der Waals surface area contributed by atoms with Gasteiger partial charge in [0.2, 0.25) is 0 Å². The topological polar surface area (TPSA) is 58.4 Å². The van der Waals surface area contributed by atoms with Crippen molar-refractivity contribution in [2.75, 3.05) is 7.05 Å². The smallest absolute Gasteiger partial charge is 0.272 e. The van der Waals surface area contributed by atoms with Crippen LogP contribution in [0, 0.1) is 0 Å². The van der Waals surface area contributed by atoms with E-state index in [-0.39, 0.29) is 17.2 Å². The highest BCUT2D eigenvalue weighted by molar-refractivity contribution is 5.92. The minimum atomic E-state index is -0.239. The number of hydrogen-bond donors (Lipinski definition) is 1. The van der Waals surface area contributed by atoms with E-state index in [1.165, 1.54) is 0 Å². The molecule has 1 heterocycles. The Bertz CT molecular complexity index is 737. The molecule has 0 radical (unpaired) electrons. The van der Waals surface area contributed by atoms with Crippen LogP contribution in [0.15, 0.2) is 30.3 Å². The minimum Gasteiger partial charge on any atom is -0.508 e. The maximum atomic E-state index is 13.0. The van der Waals surface area contributed by atoms with E-state index >= 15 is 0 Å². The zero-order chi connectivity index (χ0) is 17.5. The molecule has 0 atom stereocenters. The van der Waals surface area contributed by atoms with E-state index in [0.29, 0.717) is 18.2 Å². The van der Waals surface area contributed by atoms with Crippen molar-refractivity contribution in [2.24, 2.45) is 0 Å². The van der Waals surface area contributed by atoms with Crippen LogP contribution in [0.25, 0.3) is 0 Å². The Hall–Kier alpha value is -2.30. The monoisotopic (exact) mass is 327 g/mol. The first-order chi connectivity index (χ1) is 11.3. The van der Waals surface area contributed by atoms with Crippen molar-refractivity contribution in [3.05, 3.63) is 47.3 Å². The number of carbonyl (C=O) groups excluding carboxylic acids is 1. The molecule has 1 N–H and O–H groups in total. The number of carbonyl (C=O) groups is 1. The first kappa shape index (κ1) is 16.6. The normalized spacial score (nSPS) is 14.7. The Balaban J connectivity index is 1.84. The van der Waals surface area contributed by atoms with Crippen molar-refractivity contribution in [3.63, 3.8) is 0 Å². The summed E-state index contributed by atoms with van der Waals surface area (Å²) >= 11 is 0. The molecule has 5 heteroatoms. The number of hydrogen-bond acceptors (Lipinski definition) is 3. The second kappa shape index (κ2) is 5.96. The van der Waals surface area contributed by atoms with Crippen LogP contribution in [-0.2, 0) is 12.1 Å². The molecule has 24 heavy (non-hydrogen) atoms. The molecule has 1 amide bonds. The van der Waals surface area contributed by atoms with Gasteiger partial charge in [0.05, 0.1) is 11.2 Å². The van der Waals surface area contributed by atoms with E-state index in [4.69, 9.17) is 5.10 Å². The lowest BCUT2D eigenvalue weighted by atomic mass is 10.1. The van der Waals surface area contributed by atoms with E-state index in [9.17, 15) is 9.90 Å². The summed E-state index contributed by atoms with van der Waals surface area (Å²) in [5.41, 5.74) is 2.42. The Kier molecular flexibility index (Phi) is 4.11. The van der Waals surface area contributed by atoms with Crippen LogP contribution < -0.4 is 0 Å². The van der Waals surface area contributed by atoms with Crippen LogP contribution in [0.1, 0.15) is 61.3 Å². The first-order valence-electron chi connectivity index (χ1n) is 8.39. The summed E-state index contributed by atoms with van der Waals surface area (Å²) in [7, 11) is 1.80. The van der Waals surface area contributed by atoms with Gasteiger partial charge in [0.1, 0.15) is 11.4 Å². The maximum absolute atomic E-state index is 13.0. The lowest BCUT2D eigenvalue weighted by molar-refractivity contribution is 0.0764. The van der Waals surface area contributed by atoms with Gasteiger partial charge in [-0.05, 0) is 57.4 Å². The Morgan fingerprint density at radius 3 is 2.46 bits per heavy atom. The molecular weight excluding hydrogens is 302 g/mol. The zero-order valence-corrected chi connectivity index (χ0v) is 14.8. The summed E-state index contributed by atoms with van der Waals surface area (Å²) in [5.74, 6) is 0.715. The molecule has 0 bridgehead atoms. The predicted octanol–water partition coefficient (Wildman–Crippen LogP) is 3.49. The molecule has 1 saturated carbocycles. The van der Waals surface area contributed by atoms with Crippen molar-refractivity contribution < 1.29 is 9.90 Å². The SMILES string of the molecule is CN(Cc1ccc(O)cc1)C(=O)c1cc(C2CC2)nn1C(C)(C)C. The molecule has 128 valence electrons. The summed E-state index contributed by atoms with van der Waals surface area (Å²) in [6, 6.07) is 8.89. The van der Waals surface area contributed by atoms with Gasteiger partial charge in [-0.3, -0.25) is 9.48 Å². The number of benzene rings is 1. The number of nitrogens with zero attached hydrogens (tertiary/aromatic N) is 3. The highest BCUT2D eigenvalue weighted by Crippen LogP contribution is 2.40. The number of phenolic OH excluding ortho intramolecular Hbond substituents is 1. The van der Waals surface area contributed by atoms with Gasteiger partial charge in [-0.15, -0.1) is 0 Å². The van der Waals surface area contributed by atoms with Crippen molar-refractivity contribution in [1.82, 2.24) is 14.7 Å². The molecule has 1 fully saturated rings. The van der Waals surface area contributed by atoms with Gasteiger partial charge in [0.25, 0.3) is 5.91 Å². The molecule has 0 unspecified atom stereocenters. The van der Waals surface area contributed by atoms with Crippen molar-refractivity contribution >= 4 is 5.91 Å². The molecule has 0 saturated heterocycles. The lowest BCUT2D eigenvalue weighted by Crippen LogP contribution is -2.33. The Labute approximate surface area is 142 Å². The summed E-state index contributed by atoms with van der Waals surface area (Å²) in [6.07, 6.45) is 2.33. The zero-order valence-electron chi connectivity index (χ0n) is 14.8. The van der Waals surface area contributed by atoms with Crippen molar-refractivity contribution in [2.45, 2.75) is 51.6 Å². The Morgan fingerprint density at radius 1 is 1.29 bits per heavy atom. The number of aromatic hydroxyl groups is 1. The fourth-order valence-electron chi connectivity index (χ4n) is 2.78. The predicted molar refractivity (Wildman–Crippen MR) is 93.1 cm³/mol. The molecule has 1 aromatic carbocycles. The summed E-state index contributed by atoms with van der Waals surface area (Å²) in [5, 5.41) is 14.1. The molecule has 1 aromatic heterocycles. The molecule has 3 rings (SSSR count). The highest BCUT2D eigenvalue weighted by atomic mass is 16.3. The third-order valence-electron chi connectivity index (χ3n) is 4.28. The number of aromatic nitrogens is 2. The average Bonchev–Trinajstić information content (AvgIpc) is 3.26. The van der Waals surface area contributed by atoms with Crippen LogP contribution in [0.4, 0.5) is 0 Å². The standard InChI is InChI=1S/C19H25N3O2/c1-19(2,3)22-17(11-16(20-22)14-7-8-14)18(24)21(4)12-13-5-9-15(23)10-6-13/h5-6,9-11,14,23H,7-8,12H2,1-4H3. The fraction of sp³-hybridized carbons (Fsp3) is 0.474. The van der Waals surface area contributed by atoms with Gasteiger partial charge in [0, 0.05) is 19.5 Å². The largest absolute Gasteiger partial charge is 0.508 e. The Morgan fingerprint density at radius 2 is 1.92 bits per heavy atom. The van der Waals surface area contributed by atoms with Crippen LogP contribution in [0.3, 0.4) is 0 Å². The molecule has 0 spiro atoms. The molecule has 2 aromatic rings. The van der Waals surface area contributed by atoms with Crippen molar-refractivity contribution in [3.8, 4) is 5.75 Å². The molecule has 5 nitrogen and oxygen atoms in total. The lowest BCUT2D eigenvalue weighted by Gasteiger charge is -2.24. The second-order valence-corrected chi connectivity index (χ2v) is 7.64. The summed E-state index contributed by atoms with van der Waals surface area (Å²) < 4.78 is 1.86.